The molecule has 2 unspecified atom stereocenters. The molecule has 0 amide bonds. The molecule has 1 aliphatic heterocycles. The number of piperidine rings is 1. The molecule has 0 aromatic carbocycles. The molecular formula is C9H21N3O2S. The van der Waals surface area contributed by atoms with Gasteiger partial charge in [0.2, 0.25) is 0 Å². The minimum absolute atomic E-state index is 0.00751. The predicted molar refractivity (Wildman–Crippen MR) is 60.8 cm³/mol. The van der Waals surface area contributed by atoms with Crippen molar-refractivity contribution in [3.05, 3.63) is 0 Å². The molecule has 0 saturated carbocycles. The maximum atomic E-state index is 11.6. The first-order chi connectivity index (χ1) is 7.05. The Hall–Kier alpha value is -0.170. The van der Waals surface area contributed by atoms with Gasteiger partial charge in [-0.15, -0.1) is 0 Å². The Labute approximate surface area is 92.2 Å². The van der Waals surface area contributed by atoms with Crippen LogP contribution in [-0.4, -0.2) is 34.1 Å². The van der Waals surface area contributed by atoms with Gasteiger partial charge in [-0.1, -0.05) is 13.8 Å². The smallest absolute Gasteiger partial charge is 0.277 e. The summed E-state index contributed by atoms with van der Waals surface area (Å²) in [6, 6.07) is 0.00751. The van der Waals surface area contributed by atoms with E-state index in [0.29, 0.717) is 19.0 Å². The van der Waals surface area contributed by atoms with Crippen LogP contribution in [0.5, 0.6) is 0 Å². The van der Waals surface area contributed by atoms with Gasteiger partial charge in [0.05, 0.1) is 0 Å². The lowest BCUT2D eigenvalue weighted by Gasteiger charge is -2.29. The molecule has 0 aliphatic carbocycles. The maximum absolute atomic E-state index is 11.6. The fourth-order valence-electron chi connectivity index (χ4n) is 1.62. The van der Waals surface area contributed by atoms with E-state index in [1.54, 1.807) is 0 Å². The zero-order valence-electron chi connectivity index (χ0n) is 9.41. The third-order valence-corrected chi connectivity index (χ3v) is 3.87. The molecule has 6 heteroatoms. The quantitative estimate of drug-likeness (QED) is 0.619. The topological polar surface area (TPSA) is 70.2 Å². The number of nitrogens with one attached hydrogen (secondary N) is 3. The van der Waals surface area contributed by atoms with E-state index in [2.05, 4.69) is 21.7 Å². The molecule has 0 bridgehead atoms. The van der Waals surface area contributed by atoms with E-state index in [1.165, 1.54) is 0 Å². The fourth-order valence-corrected chi connectivity index (χ4v) is 2.90. The Morgan fingerprint density at radius 3 is 2.80 bits per heavy atom. The van der Waals surface area contributed by atoms with E-state index in [0.717, 1.165) is 19.4 Å². The van der Waals surface area contributed by atoms with Crippen LogP contribution < -0.4 is 14.8 Å². The molecule has 1 rings (SSSR count). The highest BCUT2D eigenvalue weighted by molar-refractivity contribution is 7.87. The third kappa shape index (κ3) is 4.46. The first-order valence-electron chi connectivity index (χ1n) is 5.53. The summed E-state index contributed by atoms with van der Waals surface area (Å²) < 4.78 is 28.3. The van der Waals surface area contributed by atoms with Crippen molar-refractivity contribution in [1.29, 1.82) is 0 Å². The van der Waals surface area contributed by atoms with Crippen molar-refractivity contribution in [2.75, 3.05) is 19.6 Å². The highest BCUT2D eigenvalue weighted by atomic mass is 32.2. The lowest BCUT2D eigenvalue weighted by molar-refractivity contribution is 0.326. The zero-order chi connectivity index (χ0) is 11.3. The monoisotopic (exact) mass is 235 g/mol. The van der Waals surface area contributed by atoms with Gasteiger partial charge in [-0.2, -0.15) is 13.1 Å². The van der Waals surface area contributed by atoms with Crippen LogP contribution in [0.15, 0.2) is 0 Å². The van der Waals surface area contributed by atoms with Gasteiger partial charge in [0.1, 0.15) is 0 Å². The SMILES string of the molecule is CCCNS(=O)(=O)NC1CNCCC1C. The second-order valence-electron chi connectivity index (χ2n) is 4.09. The summed E-state index contributed by atoms with van der Waals surface area (Å²) in [5.74, 6) is 0.393. The van der Waals surface area contributed by atoms with E-state index >= 15 is 0 Å². The van der Waals surface area contributed by atoms with Gasteiger partial charge >= 0.3 is 0 Å². The van der Waals surface area contributed by atoms with Crippen molar-refractivity contribution >= 4 is 10.2 Å². The summed E-state index contributed by atoms with van der Waals surface area (Å²) in [6.07, 6.45) is 1.82. The second kappa shape index (κ2) is 5.79. The van der Waals surface area contributed by atoms with Crippen molar-refractivity contribution in [1.82, 2.24) is 14.8 Å². The van der Waals surface area contributed by atoms with Crippen LogP contribution in [-0.2, 0) is 10.2 Å². The highest BCUT2D eigenvalue weighted by Crippen LogP contribution is 2.11. The van der Waals surface area contributed by atoms with E-state index in [9.17, 15) is 8.42 Å². The average Bonchev–Trinajstić information content (AvgIpc) is 2.18. The molecule has 15 heavy (non-hydrogen) atoms. The highest BCUT2D eigenvalue weighted by Gasteiger charge is 2.24. The van der Waals surface area contributed by atoms with Gasteiger partial charge in [0.15, 0.2) is 0 Å². The molecule has 90 valence electrons. The van der Waals surface area contributed by atoms with Gasteiger partial charge in [0, 0.05) is 19.1 Å². The van der Waals surface area contributed by atoms with Gasteiger partial charge in [-0.3, -0.25) is 0 Å². The molecule has 5 nitrogen and oxygen atoms in total. The van der Waals surface area contributed by atoms with Crippen LogP contribution in [0.2, 0.25) is 0 Å². The molecule has 0 aromatic rings. The molecule has 2 atom stereocenters. The summed E-state index contributed by atoms with van der Waals surface area (Å²) in [5.41, 5.74) is 0. The molecule has 0 spiro atoms. The third-order valence-electron chi connectivity index (χ3n) is 2.68. The van der Waals surface area contributed by atoms with Crippen LogP contribution in [0.1, 0.15) is 26.7 Å². The Morgan fingerprint density at radius 2 is 2.20 bits per heavy atom. The molecule has 0 radical (unpaired) electrons. The van der Waals surface area contributed by atoms with Crippen LogP contribution in [0.3, 0.4) is 0 Å². The molecule has 1 aliphatic rings. The standard InChI is InChI=1S/C9H21N3O2S/c1-3-5-11-15(13,14)12-9-7-10-6-4-8(9)2/h8-12H,3-7H2,1-2H3. The van der Waals surface area contributed by atoms with Crippen molar-refractivity contribution in [3.8, 4) is 0 Å². The normalized spacial score (nSPS) is 27.9. The van der Waals surface area contributed by atoms with E-state index < -0.39 is 10.2 Å². The minimum Gasteiger partial charge on any atom is -0.315 e. The number of rotatable bonds is 5. The van der Waals surface area contributed by atoms with Crippen molar-refractivity contribution < 1.29 is 8.42 Å². The second-order valence-corrected chi connectivity index (χ2v) is 5.62. The number of hydrogen-bond acceptors (Lipinski definition) is 3. The van der Waals surface area contributed by atoms with Crippen LogP contribution >= 0.6 is 0 Å². The molecule has 3 N–H and O–H groups in total. The summed E-state index contributed by atoms with van der Waals surface area (Å²) in [6.45, 7) is 6.20. The van der Waals surface area contributed by atoms with Crippen molar-refractivity contribution in [2.24, 2.45) is 5.92 Å². The summed E-state index contributed by atoms with van der Waals surface area (Å²) >= 11 is 0. The average molecular weight is 235 g/mol. The molecule has 1 fully saturated rings. The largest absolute Gasteiger partial charge is 0.315 e. The van der Waals surface area contributed by atoms with E-state index in [1.807, 2.05) is 6.92 Å². The molecule has 0 aromatic heterocycles. The fraction of sp³-hybridized carbons (Fsp3) is 1.00. The molecule has 1 saturated heterocycles. The predicted octanol–water partition coefficient (Wildman–Crippen LogP) is -0.182. The lowest BCUT2D eigenvalue weighted by Crippen LogP contribution is -2.53. The van der Waals surface area contributed by atoms with Gasteiger partial charge in [-0.25, -0.2) is 4.72 Å². The lowest BCUT2D eigenvalue weighted by atomic mass is 9.96. The Kier molecular flexibility index (Phi) is 4.98. The number of hydrogen-bond donors (Lipinski definition) is 3. The zero-order valence-corrected chi connectivity index (χ0v) is 10.2. The van der Waals surface area contributed by atoms with Crippen molar-refractivity contribution in [2.45, 2.75) is 32.7 Å². The summed E-state index contributed by atoms with van der Waals surface area (Å²) in [7, 11) is -3.32. The van der Waals surface area contributed by atoms with Crippen molar-refractivity contribution in [3.63, 3.8) is 0 Å². The van der Waals surface area contributed by atoms with Gasteiger partial charge in [0.25, 0.3) is 10.2 Å². The van der Waals surface area contributed by atoms with E-state index in [-0.39, 0.29) is 6.04 Å². The Bertz CT molecular complexity index is 279. The van der Waals surface area contributed by atoms with E-state index in [4.69, 9.17) is 0 Å². The first kappa shape index (κ1) is 12.9. The minimum atomic E-state index is -3.32. The maximum Gasteiger partial charge on any atom is 0.277 e. The summed E-state index contributed by atoms with van der Waals surface area (Å²) in [5, 5.41) is 3.19. The van der Waals surface area contributed by atoms with Crippen LogP contribution in [0, 0.1) is 5.92 Å². The Balaban J connectivity index is 2.44. The first-order valence-corrected chi connectivity index (χ1v) is 7.01. The van der Waals surface area contributed by atoms with Gasteiger partial charge in [-0.05, 0) is 25.3 Å². The summed E-state index contributed by atoms with van der Waals surface area (Å²) in [4.78, 5) is 0. The van der Waals surface area contributed by atoms with Gasteiger partial charge < -0.3 is 5.32 Å². The molecule has 1 heterocycles. The van der Waals surface area contributed by atoms with Crippen LogP contribution in [0.25, 0.3) is 0 Å². The Morgan fingerprint density at radius 1 is 1.47 bits per heavy atom. The van der Waals surface area contributed by atoms with Crippen LogP contribution in [0.4, 0.5) is 0 Å². The molecular weight excluding hydrogens is 214 g/mol.